The van der Waals surface area contributed by atoms with E-state index in [1.54, 1.807) is 18.2 Å². The highest BCUT2D eigenvalue weighted by atomic mass is 32.2. The first kappa shape index (κ1) is 39.6. The number of unbranched alkanes of at least 4 members (excludes halogenated alkanes) is 3. The third kappa shape index (κ3) is 22.8. The lowest BCUT2D eigenvalue weighted by Gasteiger charge is -2.23. The van der Waals surface area contributed by atoms with Gasteiger partial charge in [0.15, 0.2) is 0 Å². The molecule has 4 unspecified atom stereocenters. The number of carbonyl (C=O) groups excluding carboxylic acids is 2. The molecule has 0 aliphatic carbocycles. The van der Waals surface area contributed by atoms with Gasteiger partial charge in [-0.05, 0) is 38.5 Å². The molecule has 0 aromatic rings. The molecule has 0 radical (unpaired) electrons. The topological polar surface area (TPSA) is 216 Å². The number of rotatable bonds is 25. The molecular formula is C30H47N3O9S. The van der Waals surface area contributed by atoms with Crippen LogP contribution in [-0.2, 0) is 24.0 Å². The van der Waals surface area contributed by atoms with E-state index in [1.165, 1.54) is 19.3 Å². The van der Waals surface area contributed by atoms with Crippen molar-refractivity contribution in [3.63, 3.8) is 0 Å². The second kappa shape index (κ2) is 25.1. The second-order valence-electron chi connectivity index (χ2n) is 9.77. The molecule has 43 heavy (non-hydrogen) atoms. The Morgan fingerprint density at radius 3 is 2.23 bits per heavy atom. The van der Waals surface area contributed by atoms with E-state index in [0.29, 0.717) is 0 Å². The van der Waals surface area contributed by atoms with Gasteiger partial charge in [-0.2, -0.15) is 0 Å². The highest BCUT2D eigenvalue weighted by molar-refractivity contribution is 8.00. The van der Waals surface area contributed by atoms with Gasteiger partial charge in [0.1, 0.15) is 18.6 Å². The Kier molecular flexibility index (Phi) is 23.1. The molecule has 242 valence electrons. The zero-order valence-corrected chi connectivity index (χ0v) is 25.5. The lowest BCUT2D eigenvalue weighted by molar-refractivity contribution is -0.139. The normalized spacial score (nSPS) is 14.7. The summed E-state index contributed by atoms with van der Waals surface area (Å²) in [5.41, 5.74) is 5.43. The van der Waals surface area contributed by atoms with Crippen LogP contribution in [0.4, 0.5) is 0 Å². The monoisotopic (exact) mass is 625 g/mol. The van der Waals surface area contributed by atoms with Crippen molar-refractivity contribution < 1.29 is 44.4 Å². The van der Waals surface area contributed by atoms with Crippen LogP contribution < -0.4 is 16.4 Å². The minimum Gasteiger partial charge on any atom is -0.481 e. The molecule has 0 aliphatic rings. The average molecular weight is 626 g/mol. The van der Waals surface area contributed by atoms with Crippen LogP contribution >= 0.6 is 11.8 Å². The van der Waals surface area contributed by atoms with Gasteiger partial charge in [0, 0.05) is 23.8 Å². The summed E-state index contributed by atoms with van der Waals surface area (Å²) in [6.07, 6.45) is 19.5. The molecule has 0 spiro atoms. The Morgan fingerprint density at radius 2 is 1.58 bits per heavy atom. The molecule has 12 nitrogen and oxygen atoms in total. The zero-order chi connectivity index (χ0) is 32.5. The van der Waals surface area contributed by atoms with Crippen LogP contribution in [0.3, 0.4) is 0 Å². The number of nitrogens with one attached hydrogen (secondary N) is 2. The molecular weight excluding hydrogens is 578 g/mol. The first-order chi connectivity index (χ1) is 20.5. The molecule has 0 aliphatic heterocycles. The molecule has 0 saturated heterocycles. The highest BCUT2D eigenvalue weighted by Crippen LogP contribution is 2.22. The van der Waals surface area contributed by atoms with Gasteiger partial charge in [-0.15, -0.1) is 11.8 Å². The summed E-state index contributed by atoms with van der Waals surface area (Å²) in [6.45, 7) is 1.49. The summed E-state index contributed by atoms with van der Waals surface area (Å²) < 4.78 is 0. The Bertz CT molecular complexity index is 982. The van der Waals surface area contributed by atoms with Crippen LogP contribution in [0.15, 0.2) is 48.6 Å². The summed E-state index contributed by atoms with van der Waals surface area (Å²) in [4.78, 5) is 57.8. The van der Waals surface area contributed by atoms with E-state index in [-0.39, 0.29) is 37.9 Å². The summed E-state index contributed by atoms with van der Waals surface area (Å²) in [5.74, 6) is -5.01. The van der Waals surface area contributed by atoms with Gasteiger partial charge in [-0.3, -0.25) is 24.0 Å². The fraction of sp³-hybridized carbons (Fsp3) is 0.567. The molecule has 0 heterocycles. The van der Waals surface area contributed by atoms with Gasteiger partial charge in [-0.1, -0.05) is 68.4 Å². The first-order valence-electron chi connectivity index (χ1n) is 14.4. The fourth-order valence-corrected chi connectivity index (χ4v) is 4.75. The molecule has 8 N–H and O–H groups in total. The number of carboxylic acids is 3. The average Bonchev–Trinajstić information content (AvgIpc) is 2.95. The van der Waals surface area contributed by atoms with Crippen molar-refractivity contribution in [2.24, 2.45) is 5.73 Å². The molecule has 13 heteroatoms. The van der Waals surface area contributed by atoms with Gasteiger partial charge in [0.25, 0.3) is 0 Å². The number of aliphatic hydroxyl groups is 1. The molecule has 0 saturated carbocycles. The molecule has 0 bridgehead atoms. The maximum atomic E-state index is 12.6. The van der Waals surface area contributed by atoms with Crippen LogP contribution in [0, 0.1) is 0 Å². The quantitative estimate of drug-likeness (QED) is 0.0444. The van der Waals surface area contributed by atoms with Crippen LogP contribution in [0.2, 0.25) is 0 Å². The molecule has 0 aromatic carbocycles. The van der Waals surface area contributed by atoms with Gasteiger partial charge in [-0.25, -0.2) is 0 Å². The maximum absolute atomic E-state index is 12.6. The van der Waals surface area contributed by atoms with Crippen molar-refractivity contribution >= 4 is 41.5 Å². The van der Waals surface area contributed by atoms with Gasteiger partial charge in [0.05, 0.1) is 6.10 Å². The number of carboxylic acid groups (broad SMARTS) is 3. The summed E-state index contributed by atoms with van der Waals surface area (Å²) in [6, 6.07) is -2.45. The number of hydrogen-bond acceptors (Lipinski definition) is 8. The van der Waals surface area contributed by atoms with E-state index in [0.717, 1.165) is 24.6 Å². The predicted octanol–water partition coefficient (Wildman–Crippen LogP) is 2.78. The van der Waals surface area contributed by atoms with Crippen molar-refractivity contribution in [3.8, 4) is 0 Å². The molecule has 0 rings (SSSR count). The maximum Gasteiger partial charge on any atom is 0.322 e. The van der Waals surface area contributed by atoms with E-state index >= 15 is 0 Å². The van der Waals surface area contributed by atoms with E-state index in [4.69, 9.17) is 21.1 Å². The minimum absolute atomic E-state index is 0.0542. The van der Waals surface area contributed by atoms with E-state index in [2.05, 4.69) is 29.7 Å². The largest absolute Gasteiger partial charge is 0.481 e. The van der Waals surface area contributed by atoms with Crippen LogP contribution in [0.5, 0.6) is 0 Å². The van der Waals surface area contributed by atoms with Gasteiger partial charge >= 0.3 is 17.9 Å². The SMILES string of the molecule is CCCCC/C=C/C/C=C/C=C/C=C/C(SCC(NC(=O)CCC(N)C(=O)O)C(=O)NCC(=O)O)C(O)CCCC(=O)O. The summed E-state index contributed by atoms with van der Waals surface area (Å²) >= 11 is 1.13. The molecule has 4 atom stereocenters. The third-order valence-electron chi connectivity index (χ3n) is 5.97. The number of aliphatic hydroxyl groups excluding tert-OH is 1. The Morgan fingerprint density at radius 1 is 0.860 bits per heavy atom. The van der Waals surface area contributed by atoms with Crippen molar-refractivity contribution in [3.05, 3.63) is 48.6 Å². The third-order valence-corrected chi connectivity index (χ3v) is 7.36. The minimum atomic E-state index is -1.28. The highest BCUT2D eigenvalue weighted by Gasteiger charge is 2.25. The standard InChI is InChI=1S/C30H47N3O9S/c1-2-3-4-5-6-7-8-9-10-11-12-13-16-25(24(34)15-14-17-27(36)37)43-21-23(29(40)32-20-28(38)39)33-26(35)19-18-22(31)30(41)42/h6-7,9-13,16,22-25,34H,2-5,8,14-15,17-21,31H2,1H3,(H,32,40)(H,33,35)(H,36,37)(H,38,39)(H,41,42)/b7-6+,10-9+,12-11+,16-13+. The molecule has 0 aromatic heterocycles. The number of thioether (sulfide) groups is 1. The van der Waals surface area contributed by atoms with Crippen molar-refractivity contribution in [1.29, 1.82) is 0 Å². The number of carbonyl (C=O) groups is 5. The second-order valence-corrected chi connectivity index (χ2v) is 11.0. The molecule has 2 amide bonds. The molecule has 0 fully saturated rings. The van der Waals surface area contributed by atoms with E-state index in [1.807, 2.05) is 18.2 Å². The number of allylic oxidation sites excluding steroid dienone is 7. The number of nitrogens with two attached hydrogens (primary N) is 1. The number of aliphatic carboxylic acids is 3. The predicted molar refractivity (Wildman–Crippen MR) is 166 cm³/mol. The number of hydrogen-bond donors (Lipinski definition) is 7. The lowest BCUT2D eigenvalue weighted by Crippen LogP contribution is -2.50. The Balaban J connectivity index is 5.38. The number of amides is 2. The summed E-state index contributed by atoms with van der Waals surface area (Å²) in [5, 5.41) is 41.6. The lowest BCUT2D eigenvalue weighted by atomic mass is 10.1. The smallest absolute Gasteiger partial charge is 0.322 e. The van der Waals surface area contributed by atoms with E-state index < -0.39 is 59.7 Å². The van der Waals surface area contributed by atoms with Crippen LogP contribution in [-0.4, -0.2) is 85.9 Å². The Hall–Kier alpha value is -3.42. The van der Waals surface area contributed by atoms with E-state index in [9.17, 15) is 29.1 Å². The van der Waals surface area contributed by atoms with Gasteiger partial charge < -0.3 is 36.8 Å². The first-order valence-corrected chi connectivity index (χ1v) is 15.5. The Labute approximate surface area is 257 Å². The van der Waals surface area contributed by atoms with Crippen molar-refractivity contribution in [1.82, 2.24) is 10.6 Å². The van der Waals surface area contributed by atoms with Crippen molar-refractivity contribution in [2.45, 2.75) is 94.6 Å². The zero-order valence-electron chi connectivity index (χ0n) is 24.7. The van der Waals surface area contributed by atoms with Crippen molar-refractivity contribution in [2.75, 3.05) is 12.3 Å². The fourth-order valence-electron chi connectivity index (χ4n) is 3.54. The van der Waals surface area contributed by atoms with Gasteiger partial charge in [0.2, 0.25) is 11.8 Å². The van der Waals surface area contributed by atoms with Crippen LogP contribution in [0.1, 0.15) is 71.1 Å². The van der Waals surface area contributed by atoms with Crippen LogP contribution in [0.25, 0.3) is 0 Å². The summed E-state index contributed by atoms with van der Waals surface area (Å²) in [7, 11) is 0.